The van der Waals surface area contributed by atoms with Crippen molar-refractivity contribution < 1.29 is 14.7 Å². The van der Waals surface area contributed by atoms with Crippen LogP contribution >= 0.6 is 0 Å². The first kappa shape index (κ1) is 33.0. The van der Waals surface area contributed by atoms with Gasteiger partial charge in [-0.3, -0.25) is 33.5 Å². The third-order valence-electron chi connectivity index (χ3n) is 8.18. The van der Waals surface area contributed by atoms with E-state index in [2.05, 4.69) is 29.9 Å². The summed E-state index contributed by atoms with van der Waals surface area (Å²) < 4.78 is 3.20. The molecule has 52 heavy (non-hydrogen) atoms. The molecule has 0 bridgehead atoms. The quantitative estimate of drug-likeness (QED) is 0.171. The lowest BCUT2D eigenvalue weighted by molar-refractivity contribution is 0.0689. The molecule has 8 heterocycles. The zero-order chi connectivity index (χ0) is 36.5. The Kier molecular flexibility index (Phi) is 8.54. The van der Waals surface area contributed by atoms with Crippen LogP contribution in [0.1, 0.15) is 32.4 Å². The molecule has 14 heteroatoms. The number of nitrogens with zero attached hydrogens (tertiary/aromatic N) is 8. The van der Waals surface area contributed by atoms with E-state index in [1.165, 1.54) is 16.8 Å². The number of imidazole rings is 2. The van der Waals surface area contributed by atoms with Crippen molar-refractivity contribution in [1.29, 1.82) is 0 Å². The van der Waals surface area contributed by atoms with Crippen LogP contribution in [0.15, 0.2) is 110 Å². The van der Waals surface area contributed by atoms with Gasteiger partial charge in [-0.2, -0.15) is 0 Å². The van der Waals surface area contributed by atoms with Crippen molar-refractivity contribution >= 4 is 34.5 Å². The lowest BCUT2D eigenvalue weighted by atomic mass is 10.0. The van der Waals surface area contributed by atoms with Crippen molar-refractivity contribution in [3.05, 3.63) is 133 Å². The minimum atomic E-state index is -1.04. The lowest BCUT2D eigenvalue weighted by Crippen LogP contribution is -2.13. The van der Waals surface area contributed by atoms with Crippen molar-refractivity contribution in [3.8, 4) is 45.0 Å². The highest BCUT2D eigenvalue weighted by Crippen LogP contribution is 2.33. The maximum Gasteiger partial charge on any atom is 0.354 e. The molecule has 0 aliphatic rings. The first-order chi connectivity index (χ1) is 25.0. The summed E-state index contributed by atoms with van der Waals surface area (Å²) >= 11 is 0. The second-order valence-corrected chi connectivity index (χ2v) is 11.9. The third-order valence-corrected chi connectivity index (χ3v) is 8.18. The van der Waals surface area contributed by atoms with Crippen LogP contribution in [0, 0.1) is 13.8 Å². The Labute approximate surface area is 296 Å². The molecule has 0 aromatic carbocycles. The second kappa shape index (κ2) is 13.4. The third kappa shape index (κ3) is 6.46. The molecule has 0 unspecified atom stereocenters. The van der Waals surface area contributed by atoms with E-state index < -0.39 is 11.9 Å². The highest BCUT2D eigenvalue weighted by molar-refractivity contribution is 5.92. The molecule has 0 fully saturated rings. The fraction of sp³-hybridized carbons (Fsp3) is 0.0526. The van der Waals surface area contributed by atoms with Crippen LogP contribution in [0.25, 0.3) is 56.3 Å². The number of fused-ring (bicyclic) bond motifs is 2. The normalized spacial score (nSPS) is 11.0. The fourth-order valence-electron chi connectivity index (χ4n) is 5.78. The van der Waals surface area contributed by atoms with Crippen molar-refractivity contribution in [2.45, 2.75) is 13.8 Å². The molecule has 0 aliphatic carbocycles. The summed E-state index contributed by atoms with van der Waals surface area (Å²) in [6, 6.07) is 22.5. The molecule has 0 spiro atoms. The highest BCUT2D eigenvalue weighted by Gasteiger charge is 2.16. The number of nitrogen functional groups attached to an aromatic ring is 2. The van der Waals surface area contributed by atoms with Crippen LogP contribution in [0.2, 0.25) is 0 Å². The van der Waals surface area contributed by atoms with Gasteiger partial charge in [0, 0.05) is 46.0 Å². The molecule has 0 radical (unpaired) electrons. The molecule has 8 aromatic heterocycles. The summed E-state index contributed by atoms with van der Waals surface area (Å²) in [5, 5.41) is 9.34. The number of carboxylic acids is 1. The number of hydrogen-bond donors (Lipinski definition) is 4. The number of hydrogen-bond acceptors (Lipinski definition) is 10. The number of carboxylic acid groups (broad SMARTS) is 1. The van der Waals surface area contributed by atoms with Gasteiger partial charge in [0.25, 0.3) is 5.91 Å². The van der Waals surface area contributed by atoms with E-state index in [0.29, 0.717) is 39.8 Å². The Balaban J connectivity index is 0.000000162. The smallest absolute Gasteiger partial charge is 0.354 e. The number of pyridine rings is 6. The van der Waals surface area contributed by atoms with E-state index >= 15 is 0 Å². The van der Waals surface area contributed by atoms with Gasteiger partial charge in [-0.15, -0.1) is 0 Å². The van der Waals surface area contributed by atoms with Crippen molar-refractivity contribution in [3.63, 3.8) is 0 Å². The van der Waals surface area contributed by atoms with E-state index in [-0.39, 0.29) is 5.69 Å². The largest absolute Gasteiger partial charge is 0.477 e. The Morgan fingerprint density at radius 3 is 1.52 bits per heavy atom. The number of anilines is 2. The van der Waals surface area contributed by atoms with Gasteiger partial charge >= 0.3 is 5.97 Å². The summed E-state index contributed by atoms with van der Waals surface area (Å²) in [6.07, 6.45) is 9.51. The van der Waals surface area contributed by atoms with Gasteiger partial charge in [-0.25, -0.2) is 14.8 Å². The average molecular weight is 690 g/mol. The number of aryl methyl sites for hydroxylation is 2. The van der Waals surface area contributed by atoms with Crippen LogP contribution < -0.4 is 17.2 Å². The highest BCUT2D eigenvalue weighted by atomic mass is 16.4. The summed E-state index contributed by atoms with van der Waals surface area (Å²) in [5.74, 6) is -1.58. The van der Waals surface area contributed by atoms with Crippen molar-refractivity contribution in [1.82, 2.24) is 38.7 Å². The maximum absolute atomic E-state index is 11.6. The van der Waals surface area contributed by atoms with Gasteiger partial charge in [0.2, 0.25) is 0 Å². The predicted molar refractivity (Wildman–Crippen MR) is 197 cm³/mol. The molecule has 0 saturated carbocycles. The van der Waals surface area contributed by atoms with Crippen molar-refractivity contribution in [2.24, 2.45) is 5.73 Å². The van der Waals surface area contributed by atoms with Gasteiger partial charge < -0.3 is 22.3 Å². The summed E-state index contributed by atoms with van der Waals surface area (Å²) in [4.78, 5) is 49.4. The van der Waals surface area contributed by atoms with Crippen LogP contribution in [0.3, 0.4) is 0 Å². The van der Waals surface area contributed by atoms with Crippen LogP contribution in [-0.2, 0) is 0 Å². The molecular formula is C38H31N11O3. The number of rotatable bonds is 6. The van der Waals surface area contributed by atoms with Gasteiger partial charge in [0.1, 0.15) is 17.0 Å². The number of primary amides is 1. The topological polar surface area (TPSA) is 219 Å². The van der Waals surface area contributed by atoms with Gasteiger partial charge in [0.05, 0.1) is 58.9 Å². The van der Waals surface area contributed by atoms with Crippen LogP contribution in [0.5, 0.6) is 0 Å². The number of amides is 1. The molecular weight excluding hydrogens is 658 g/mol. The van der Waals surface area contributed by atoms with Gasteiger partial charge in [-0.05, 0) is 74.5 Å². The molecule has 8 rings (SSSR count). The monoisotopic (exact) mass is 689 g/mol. The molecule has 7 N–H and O–H groups in total. The van der Waals surface area contributed by atoms with Crippen LogP contribution in [-0.4, -0.2) is 55.7 Å². The predicted octanol–water partition coefficient (Wildman–Crippen LogP) is 5.49. The fourth-order valence-corrected chi connectivity index (χ4v) is 5.78. The van der Waals surface area contributed by atoms with E-state index in [9.17, 15) is 14.7 Å². The number of carbonyl (C=O) groups is 2. The molecule has 0 atom stereocenters. The minimum Gasteiger partial charge on any atom is -0.477 e. The zero-order valence-corrected chi connectivity index (χ0v) is 28.0. The Morgan fingerprint density at radius 2 is 1.08 bits per heavy atom. The Hall–Kier alpha value is -7.48. The summed E-state index contributed by atoms with van der Waals surface area (Å²) in [5.41, 5.74) is 27.8. The summed E-state index contributed by atoms with van der Waals surface area (Å²) in [6.45, 7) is 3.84. The van der Waals surface area contributed by atoms with Gasteiger partial charge in [-0.1, -0.05) is 12.1 Å². The van der Waals surface area contributed by atoms with Crippen molar-refractivity contribution in [2.75, 3.05) is 11.5 Å². The first-order valence-electron chi connectivity index (χ1n) is 15.9. The second-order valence-electron chi connectivity index (χ2n) is 11.9. The van der Waals surface area contributed by atoms with E-state index in [1.807, 2.05) is 80.6 Å². The Bertz CT molecular complexity index is 2480. The molecule has 0 saturated heterocycles. The van der Waals surface area contributed by atoms with Gasteiger partial charge in [0.15, 0.2) is 5.69 Å². The van der Waals surface area contributed by atoms with E-state index in [0.717, 1.165) is 45.0 Å². The zero-order valence-electron chi connectivity index (χ0n) is 28.0. The first-order valence-corrected chi connectivity index (χ1v) is 15.9. The maximum atomic E-state index is 11.6. The Morgan fingerprint density at radius 1 is 0.615 bits per heavy atom. The number of aromatic nitrogens is 8. The number of aromatic carboxylic acids is 1. The van der Waals surface area contributed by atoms with Crippen LogP contribution in [0.4, 0.5) is 11.4 Å². The number of carbonyl (C=O) groups excluding carboxylic acids is 1. The molecule has 1 amide bonds. The summed E-state index contributed by atoms with van der Waals surface area (Å²) in [7, 11) is 0. The van der Waals surface area contributed by atoms with E-state index in [4.69, 9.17) is 17.2 Å². The molecule has 14 nitrogen and oxygen atoms in total. The molecule has 8 aromatic rings. The minimum absolute atomic E-state index is 0.0916. The van der Waals surface area contributed by atoms with E-state index in [1.54, 1.807) is 35.3 Å². The molecule has 0 aliphatic heterocycles. The SMILES string of the molecule is Cc1cccc(-c2ncc(N)cc2-c2ccc3ncc(C(=O)O)n3c2)n1.Cc1cccc(-c2ncc(N)cc2-c2ccc3ncc(C(N)=O)n3c2)n1. The molecule has 256 valence electrons. The standard InChI is InChI=1S/C19H16N6O.C19H15N5O2/c1-11-3-2-4-15(24-11)18-14(7-13(20)8-23-18)12-5-6-17-22-9-16(19(21)26)25(17)10-12;1-11-3-2-4-15(23-11)18-14(7-13(20)8-22-18)12-5-6-17-21-9-16(19(25)26)24(17)10-12/h2-10H,20H2,1H3,(H2,21,26);2-10H,20H2,1H3,(H,25,26). The average Bonchev–Trinajstić information content (AvgIpc) is 3.76. The number of nitrogens with two attached hydrogens (primary N) is 3. The lowest BCUT2D eigenvalue weighted by Gasteiger charge is -2.11.